The second-order valence-electron chi connectivity index (χ2n) is 4.96. The first-order valence-electron chi connectivity index (χ1n) is 6.91. The van der Waals surface area contributed by atoms with Gasteiger partial charge in [0, 0.05) is 47.2 Å². The third-order valence-corrected chi connectivity index (χ3v) is 3.57. The Labute approximate surface area is 127 Å². The van der Waals surface area contributed by atoms with Crippen LogP contribution in [0.1, 0.15) is 0 Å². The van der Waals surface area contributed by atoms with E-state index in [9.17, 15) is 10.0 Å². The molecule has 0 aliphatic heterocycles. The van der Waals surface area contributed by atoms with E-state index < -0.39 is 6.03 Å². The molecule has 0 fully saturated rings. The molecule has 0 unspecified atom stereocenters. The Bertz CT molecular complexity index is 798. The minimum atomic E-state index is -0.857. The topological polar surface area (TPSA) is 84.4 Å². The molecule has 6 nitrogen and oxygen atoms in total. The number of amides is 2. The lowest BCUT2D eigenvalue weighted by Crippen LogP contribution is -2.34. The smallest absolute Gasteiger partial charge is 0.338 e. The molecule has 3 N–H and O–H groups in total. The van der Waals surface area contributed by atoms with Gasteiger partial charge in [-0.25, -0.2) is 9.86 Å². The minimum absolute atomic E-state index is 0.125. The molecule has 0 aliphatic rings. The average molecular weight is 296 g/mol. The van der Waals surface area contributed by atoms with Gasteiger partial charge in [0.15, 0.2) is 0 Å². The minimum Gasteiger partial charge on any atom is -0.350 e. The molecular weight excluding hydrogens is 280 g/mol. The third kappa shape index (κ3) is 2.64. The quantitative estimate of drug-likeness (QED) is 0.573. The van der Waals surface area contributed by atoms with Crippen molar-refractivity contribution < 1.29 is 10.0 Å². The Kier molecular flexibility index (Phi) is 3.76. The summed E-state index contributed by atoms with van der Waals surface area (Å²) in [5.74, 6) is 0. The first-order chi connectivity index (χ1) is 10.7. The van der Waals surface area contributed by atoms with Gasteiger partial charge in [-0.05, 0) is 12.1 Å². The van der Waals surface area contributed by atoms with Crippen LogP contribution in [0.15, 0.2) is 55.0 Å². The Morgan fingerprint density at radius 3 is 2.82 bits per heavy atom. The lowest BCUT2D eigenvalue weighted by atomic mass is 10.1. The monoisotopic (exact) mass is 296 g/mol. The predicted molar refractivity (Wildman–Crippen MR) is 83.2 cm³/mol. The number of nitrogens with zero attached hydrogens (tertiary/aromatic N) is 3. The van der Waals surface area contributed by atoms with Crippen LogP contribution in [0, 0.1) is 0 Å². The number of hydrogen-bond acceptors (Lipinski definition) is 3. The summed E-state index contributed by atoms with van der Waals surface area (Å²) in [6.45, 7) is 0.570. The molecule has 3 rings (SSSR count). The summed E-state index contributed by atoms with van der Waals surface area (Å²) in [6, 6.07) is 11.0. The lowest BCUT2D eigenvalue weighted by Gasteiger charge is -2.12. The van der Waals surface area contributed by atoms with Crippen molar-refractivity contribution >= 4 is 16.9 Å². The van der Waals surface area contributed by atoms with Gasteiger partial charge in [-0.2, -0.15) is 0 Å². The van der Waals surface area contributed by atoms with E-state index in [0.29, 0.717) is 11.6 Å². The molecule has 2 amide bonds. The number of carbonyl (C=O) groups excluding carboxylic acids is 1. The van der Waals surface area contributed by atoms with E-state index in [0.717, 1.165) is 22.0 Å². The summed E-state index contributed by atoms with van der Waals surface area (Å²) in [4.78, 5) is 15.0. The molecule has 2 aromatic heterocycles. The number of hydrogen-bond donors (Lipinski definition) is 2. The number of rotatable bonds is 4. The highest BCUT2D eigenvalue weighted by Gasteiger charge is 2.11. The van der Waals surface area contributed by atoms with Gasteiger partial charge in [0.1, 0.15) is 0 Å². The number of primary amides is 1. The maximum absolute atomic E-state index is 10.9. The van der Waals surface area contributed by atoms with Gasteiger partial charge < -0.3 is 10.3 Å². The van der Waals surface area contributed by atoms with Crippen LogP contribution in [0.5, 0.6) is 0 Å². The first kappa shape index (κ1) is 14.1. The molecule has 0 atom stereocenters. The highest BCUT2D eigenvalue weighted by molar-refractivity contribution is 5.95. The van der Waals surface area contributed by atoms with Crippen molar-refractivity contribution in [3.05, 3.63) is 55.0 Å². The fourth-order valence-corrected chi connectivity index (χ4v) is 2.50. The number of fused-ring (bicyclic) bond motifs is 1. The molecule has 1 aromatic carbocycles. The number of hydroxylamine groups is 2. The highest BCUT2D eigenvalue weighted by Crippen LogP contribution is 2.29. The van der Waals surface area contributed by atoms with Crippen LogP contribution in [0.4, 0.5) is 4.79 Å². The molecule has 0 spiro atoms. The summed E-state index contributed by atoms with van der Waals surface area (Å²) in [5.41, 5.74) is 8.14. The number of urea groups is 1. The van der Waals surface area contributed by atoms with Crippen LogP contribution in [-0.4, -0.2) is 32.4 Å². The van der Waals surface area contributed by atoms with E-state index in [1.54, 1.807) is 6.20 Å². The van der Waals surface area contributed by atoms with Crippen LogP contribution < -0.4 is 5.73 Å². The Balaban J connectivity index is 2.00. The number of nitrogens with two attached hydrogens (primary N) is 1. The number of pyridine rings is 1. The Hall–Kier alpha value is -2.86. The molecule has 3 aromatic rings. The zero-order valence-electron chi connectivity index (χ0n) is 11.9. The predicted octanol–water partition coefficient (Wildman–Crippen LogP) is 2.47. The molecule has 0 saturated heterocycles. The van der Waals surface area contributed by atoms with Crippen molar-refractivity contribution in [2.75, 3.05) is 6.54 Å². The zero-order chi connectivity index (χ0) is 15.5. The van der Waals surface area contributed by atoms with Crippen LogP contribution in [-0.2, 0) is 6.54 Å². The largest absolute Gasteiger partial charge is 0.350 e. The van der Waals surface area contributed by atoms with E-state index >= 15 is 0 Å². The van der Waals surface area contributed by atoms with E-state index in [2.05, 4.69) is 4.98 Å². The lowest BCUT2D eigenvalue weighted by molar-refractivity contribution is -0.0413. The van der Waals surface area contributed by atoms with Gasteiger partial charge >= 0.3 is 6.03 Å². The molecular formula is C16H16N4O2. The van der Waals surface area contributed by atoms with Crippen molar-refractivity contribution in [3.63, 3.8) is 0 Å². The number of benzene rings is 1. The van der Waals surface area contributed by atoms with Gasteiger partial charge in [-0.1, -0.05) is 24.3 Å². The summed E-state index contributed by atoms with van der Waals surface area (Å²) in [6.07, 6.45) is 5.55. The summed E-state index contributed by atoms with van der Waals surface area (Å²) >= 11 is 0. The fraction of sp³-hybridized carbons (Fsp3) is 0.125. The van der Waals surface area contributed by atoms with Crippen molar-refractivity contribution in [2.45, 2.75) is 6.54 Å². The molecule has 0 saturated carbocycles. The number of para-hydroxylation sites is 1. The van der Waals surface area contributed by atoms with E-state index in [1.807, 2.05) is 53.4 Å². The number of carbonyl (C=O) groups is 1. The normalized spacial score (nSPS) is 10.8. The maximum atomic E-state index is 10.9. The Morgan fingerprint density at radius 1 is 1.27 bits per heavy atom. The zero-order valence-corrected chi connectivity index (χ0v) is 11.9. The van der Waals surface area contributed by atoms with Crippen molar-refractivity contribution in [3.8, 4) is 11.1 Å². The first-order valence-corrected chi connectivity index (χ1v) is 6.91. The standard InChI is InChI=1S/C16H16N4O2/c17-16(21)20(22)9-8-19-11-14(12-4-3-7-18-10-12)13-5-1-2-6-15(13)19/h1-7,10-11,22H,8-9H2,(H2,17,21). The van der Waals surface area contributed by atoms with Gasteiger partial charge in [0.05, 0.1) is 6.54 Å². The van der Waals surface area contributed by atoms with Gasteiger partial charge in [0.25, 0.3) is 0 Å². The van der Waals surface area contributed by atoms with Crippen LogP contribution >= 0.6 is 0 Å². The third-order valence-electron chi connectivity index (χ3n) is 3.57. The number of aromatic nitrogens is 2. The summed E-state index contributed by atoms with van der Waals surface area (Å²) in [5, 5.41) is 11.0. The van der Waals surface area contributed by atoms with Crippen molar-refractivity contribution in [1.82, 2.24) is 14.6 Å². The molecule has 6 heteroatoms. The average Bonchev–Trinajstić information content (AvgIpc) is 2.92. The maximum Gasteiger partial charge on any atom is 0.338 e. The van der Waals surface area contributed by atoms with Gasteiger partial charge in [-0.3, -0.25) is 10.2 Å². The van der Waals surface area contributed by atoms with Crippen molar-refractivity contribution in [2.24, 2.45) is 5.73 Å². The van der Waals surface area contributed by atoms with E-state index in [1.165, 1.54) is 0 Å². The molecule has 22 heavy (non-hydrogen) atoms. The van der Waals surface area contributed by atoms with Gasteiger partial charge in [0.2, 0.25) is 0 Å². The van der Waals surface area contributed by atoms with Crippen LogP contribution in [0.2, 0.25) is 0 Å². The molecule has 0 bridgehead atoms. The van der Waals surface area contributed by atoms with E-state index in [-0.39, 0.29) is 6.54 Å². The SMILES string of the molecule is NC(=O)N(O)CCn1cc(-c2cccnc2)c2ccccc21. The van der Waals surface area contributed by atoms with E-state index in [4.69, 9.17) is 5.73 Å². The van der Waals surface area contributed by atoms with Crippen molar-refractivity contribution in [1.29, 1.82) is 0 Å². The molecule has 0 radical (unpaired) electrons. The van der Waals surface area contributed by atoms with Crippen LogP contribution in [0.25, 0.3) is 22.0 Å². The second-order valence-corrected chi connectivity index (χ2v) is 4.96. The summed E-state index contributed by atoms with van der Waals surface area (Å²) in [7, 11) is 0. The molecule has 112 valence electrons. The summed E-state index contributed by atoms with van der Waals surface area (Å²) < 4.78 is 1.99. The second kappa shape index (κ2) is 5.87. The fourth-order valence-electron chi connectivity index (χ4n) is 2.50. The van der Waals surface area contributed by atoms with Gasteiger partial charge in [-0.15, -0.1) is 0 Å². The highest BCUT2D eigenvalue weighted by atomic mass is 16.5. The Morgan fingerprint density at radius 2 is 2.09 bits per heavy atom. The molecule has 2 heterocycles. The molecule has 0 aliphatic carbocycles. The van der Waals surface area contributed by atoms with Crippen LogP contribution in [0.3, 0.4) is 0 Å².